The number of hydrogen-bond acceptors (Lipinski definition) is 6. The van der Waals surface area contributed by atoms with Crippen LogP contribution >= 0.6 is 0 Å². The second kappa shape index (κ2) is 9.92. The predicted octanol–water partition coefficient (Wildman–Crippen LogP) is 3.23. The number of ether oxygens (including phenoxy) is 2. The van der Waals surface area contributed by atoms with Crippen LogP contribution in [-0.4, -0.2) is 76.0 Å². The Labute approximate surface area is 209 Å². The molecule has 37 heavy (non-hydrogen) atoms. The van der Waals surface area contributed by atoms with Crippen molar-refractivity contribution in [3.8, 4) is 17.1 Å². The topological polar surface area (TPSA) is 109 Å². The first kappa shape index (κ1) is 25.4. The number of fused-ring (bicyclic) bond motifs is 2. The van der Waals surface area contributed by atoms with Crippen LogP contribution in [0.3, 0.4) is 0 Å². The van der Waals surface area contributed by atoms with E-state index in [0.29, 0.717) is 12.8 Å². The lowest BCUT2D eigenvalue weighted by atomic mass is 9.89. The lowest BCUT2D eigenvalue weighted by Gasteiger charge is -2.39. The van der Waals surface area contributed by atoms with E-state index in [0.717, 1.165) is 19.0 Å². The van der Waals surface area contributed by atoms with Crippen molar-refractivity contribution in [1.29, 1.82) is 0 Å². The van der Waals surface area contributed by atoms with Gasteiger partial charge in [0.1, 0.15) is 5.69 Å². The van der Waals surface area contributed by atoms with Crippen LogP contribution in [0, 0.1) is 11.7 Å². The minimum Gasteiger partial charge on any atom is -0.481 e. The highest BCUT2D eigenvalue weighted by atomic mass is 19.4. The molecule has 9 nitrogen and oxygen atoms in total. The molecule has 3 aliphatic rings. The highest BCUT2D eigenvalue weighted by Crippen LogP contribution is 2.40. The van der Waals surface area contributed by atoms with Gasteiger partial charge >= 0.3 is 6.18 Å². The number of nitrogens with one attached hydrogen (secondary N) is 2. The van der Waals surface area contributed by atoms with Crippen molar-refractivity contribution in [2.75, 3.05) is 13.7 Å². The van der Waals surface area contributed by atoms with Gasteiger partial charge < -0.3 is 19.7 Å². The Balaban J connectivity index is 1.20. The van der Waals surface area contributed by atoms with Gasteiger partial charge in [-0.1, -0.05) is 0 Å². The van der Waals surface area contributed by atoms with Crippen LogP contribution in [0.1, 0.15) is 49.0 Å². The number of alkyl halides is 3. The summed E-state index contributed by atoms with van der Waals surface area (Å²) in [6.07, 6.45) is -2.73. The predicted molar refractivity (Wildman–Crippen MR) is 121 cm³/mol. The number of H-pyrrole nitrogens is 1. The van der Waals surface area contributed by atoms with Gasteiger partial charge in [-0.3, -0.25) is 14.7 Å². The number of aromatic nitrogens is 3. The Morgan fingerprint density at radius 2 is 1.89 bits per heavy atom. The smallest absolute Gasteiger partial charge is 0.414 e. The highest BCUT2D eigenvalue weighted by molar-refractivity contribution is 5.94. The van der Waals surface area contributed by atoms with Crippen LogP contribution in [0.4, 0.5) is 17.6 Å². The molecule has 5 atom stereocenters. The maximum Gasteiger partial charge on any atom is 0.414 e. The molecule has 0 aliphatic carbocycles. The van der Waals surface area contributed by atoms with Gasteiger partial charge in [-0.2, -0.15) is 18.3 Å². The number of hydrogen-bond donors (Lipinski definition) is 2. The van der Waals surface area contributed by atoms with Gasteiger partial charge in [0.15, 0.2) is 11.9 Å². The fourth-order valence-corrected chi connectivity index (χ4v) is 5.60. The molecule has 2 bridgehead atoms. The van der Waals surface area contributed by atoms with Crippen molar-refractivity contribution >= 4 is 11.8 Å². The maximum atomic E-state index is 14.3. The third kappa shape index (κ3) is 5.13. The standard InChI is InChI=1S/C24H27F4N5O4/c1-36-21-8-16(17(25)10-29-21)18-9-19(32-31-18)23(35)33-14-3-4-15(33)7-12(6-14)22(34)30-13-2-5-20(37-11-13)24(26,27)28/h8-10,12-15,20H,2-7,11H2,1H3,(H,30,34)(H,31,32)/t12?,13-,14-,15+,20+/m1/s1. The first-order valence-corrected chi connectivity index (χ1v) is 12.2. The summed E-state index contributed by atoms with van der Waals surface area (Å²) in [4.78, 5) is 31.8. The van der Waals surface area contributed by atoms with Crippen molar-refractivity contribution in [3.63, 3.8) is 0 Å². The molecule has 2 aromatic rings. The number of rotatable bonds is 5. The fraction of sp³-hybridized carbons (Fsp3) is 0.583. The zero-order valence-electron chi connectivity index (χ0n) is 20.1. The molecule has 0 radical (unpaired) electrons. The zero-order valence-corrected chi connectivity index (χ0v) is 20.1. The number of amides is 2. The molecule has 3 saturated heterocycles. The van der Waals surface area contributed by atoms with Gasteiger partial charge in [-0.25, -0.2) is 9.37 Å². The fourth-order valence-electron chi connectivity index (χ4n) is 5.60. The van der Waals surface area contributed by atoms with Crippen molar-refractivity contribution in [2.45, 2.75) is 68.9 Å². The van der Waals surface area contributed by atoms with Crippen LogP contribution in [0.25, 0.3) is 11.3 Å². The lowest BCUT2D eigenvalue weighted by Crippen LogP contribution is -2.52. The highest BCUT2D eigenvalue weighted by Gasteiger charge is 2.47. The summed E-state index contributed by atoms with van der Waals surface area (Å²) < 4.78 is 62.6. The summed E-state index contributed by atoms with van der Waals surface area (Å²) in [5, 5.41) is 9.63. The molecule has 13 heteroatoms. The molecule has 5 heterocycles. The van der Waals surface area contributed by atoms with Crippen LogP contribution in [-0.2, 0) is 9.53 Å². The van der Waals surface area contributed by atoms with Gasteiger partial charge in [0.05, 0.1) is 31.6 Å². The van der Waals surface area contributed by atoms with E-state index in [2.05, 4.69) is 20.5 Å². The van der Waals surface area contributed by atoms with E-state index in [4.69, 9.17) is 9.47 Å². The summed E-state index contributed by atoms with van der Waals surface area (Å²) >= 11 is 0. The summed E-state index contributed by atoms with van der Waals surface area (Å²) in [5.41, 5.74) is 0.600. The molecular weight excluding hydrogens is 498 g/mol. The summed E-state index contributed by atoms with van der Waals surface area (Å²) in [5.74, 6) is -1.21. The first-order valence-electron chi connectivity index (χ1n) is 12.2. The molecule has 3 fully saturated rings. The Kier molecular flexibility index (Phi) is 6.82. The van der Waals surface area contributed by atoms with Gasteiger partial charge in [0.2, 0.25) is 11.8 Å². The molecule has 1 unspecified atom stereocenters. The van der Waals surface area contributed by atoms with E-state index in [1.165, 1.54) is 19.2 Å². The number of methoxy groups -OCH3 is 1. The minimum atomic E-state index is -4.40. The van der Waals surface area contributed by atoms with Gasteiger partial charge in [-0.15, -0.1) is 0 Å². The largest absolute Gasteiger partial charge is 0.481 e. The molecule has 2 amide bonds. The zero-order chi connectivity index (χ0) is 26.3. The Morgan fingerprint density at radius 1 is 1.16 bits per heavy atom. The van der Waals surface area contributed by atoms with E-state index < -0.39 is 24.1 Å². The van der Waals surface area contributed by atoms with E-state index in [1.807, 2.05) is 0 Å². The number of nitrogens with zero attached hydrogens (tertiary/aromatic N) is 3. The van der Waals surface area contributed by atoms with Crippen molar-refractivity contribution in [2.24, 2.45) is 5.92 Å². The van der Waals surface area contributed by atoms with Gasteiger partial charge in [0, 0.05) is 29.6 Å². The number of halogens is 4. The van der Waals surface area contributed by atoms with Gasteiger partial charge in [0.25, 0.3) is 5.91 Å². The van der Waals surface area contributed by atoms with Gasteiger partial charge in [-0.05, 0) is 44.6 Å². The SMILES string of the molecule is COc1cc(-c2cc(C(=O)N3[C@@H]4CC[C@H]3CC(C(=O)N[C@@H]3CC[C@@H](C(F)(F)F)OC3)C4)[nH]n2)c(F)cn1. The summed E-state index contributed by atoms with van der Waals surface area (Å²) in [7, 11) is 1.41. The molecule has 3 aliphatic heterocycles. The number of carbonyl (C=O) groups is 2. The van der Waals surface area contributed by atoms with E-state index in [-0.39, 0.29) is 72.1 Å². The molecule has 2 aromatic heterocycles. The quantitative estimate of drug-likeness (QED) is 0.581. The Hall–Kier alpha value is -3.22. The molecule has 5 rings (SSSR count). The third-order valence-corrected chi connectivity index (χ3v) is 7.45. The van der Waals surface area contributed by atoms with Crippen molar-refractivity contribution in [1.82, 2.24) is 25.4 Å². The third-order valence-electron chi connectivity index (χ3n) is 7.45. The normalized spacial score (nSPS) is 27.7. The minimum absolute atomic E-state index is 0.147. The lowest BCUT2D eigenvalue weighted by molar-refractivity contribution is -0.232. The second-order valence-corrected chi connectivity index (χ2v) is 9.79. The van der Waals surface area contributed by atoms with Crippen LogP contribution in [0.2, 0.25) is 0 Å². The number of pyridine rings is 1. The average molecular weight is 526 g/mol. The summed E-state index contributed by atoms with van der Waals surface area (Å²) in [6, 6.07) is 2.12. The number of aromatic amines is 1. The molecular formula is C24H27F4N5O4. The Morgan fingerprint density at radius 3 is 2.51 bits per heavy atom. The first-order chi connectivity index (χ1) is 17.6. The molecule has 2 N–H and O–H groups in total. The molecule has 0 spiro atoms. The number of piperidine rings is 1. The Bertz CT molecular complexity index is 1150. The van der Waals surface area contributed by atoms with E-state index in [1.54, 1.807) is 4.90 Å². The molecule has 0 aromatic carbocycles. The van der Waals surface area contributed by atoms with E-state index in [9.17, 15) is 27.2 Å². The number of carbonyl (C=O) groups excluding carboxylic acids is 2. The maximum absolute atomic E-state index is 14.3. The second-order valence-electron chi connectivity index (χ2n) is 9.79. The average Bonchev–Trinajstić information content (AvgIpc) is 3.46. The molecule has 0 saturated carbocycles. The van der Waals surface area contributed by atoms with Crippen molar-refractivity contribution < 1.29 is 36.6 Å². The van der Waals surface area contributed by atoms with E-state index >= 15 is 0 Å². The molecule has 200 valence electrons. The van der Waals surface area contributed by atoms with Crippen LogP contribution in [0.15, 0.2) is 18.3 Å². The monoisotopic (exact) mass is 525 g/mol. The summed E-state index contributed by atoms with van der Waals surface area (Å²) in [6.45, 7) is -0.174. The van der Waals surface area contributed by atoms with Crippen molar-refractivity contribution in [3.05, 3.63) is 29.8 Å². The van der Waals surface area contributed by atoms with Crippen LogP contribution < -0.4 is 10.1 Å². The van der Waals surface area contributed by atoms with Crippen LogP contribution in [0.5, 0.6) is 5.88 Å².